The van der Waals surface area contributed by atoms with Crippen molar-refractivity contribution in [3.8, 4) is 6.07 Å². The Labute approximate surface area is 207 Å². The largest absolute Gasteiger partial charge is 0.451 e. The first-order valence-corrected chi connectivity index (χ1v) is 12.1. The first kappa shape index (κ1) is 24.1. The molecule has 1 fully saturated rings. The van der Waals surface area contributed by atoms with Crippen LogP contribution in [0.1, 0.15) is 35.8 Å². The Morgan fingerprint density at radius 2 is 2.06 bits per heavy atom. The van der Waals surface area contributed by atoms with Gasteiger partial charge in [0.05, 0.1) is 4.47 Å². The lowest BCUT2D eigenvalue weighted by Crippen LogP contribution is -2.45. The van der Waals surface area contributed by atoms with Crippen molar-refractivity contribution >= 4 is 38.6 Å². The summed E-state index contributed by atoms with van der Waals surface area (Å²) in [5.41, 5.74) is 4.72. The molecule has 4 rings (SSSR count). The molecule has 1 aliphatic heterocycles. The molecule has 3 heterocycles. The van der Waals surface area contributed by atoms with Gasteiger partial charge in [0.1, 0.15) is 11.7 Å². The fraction of sp³-hybridized carbons (Fsp3) is 0.417. The number of aromatic nitrogens is 2. The van der Waals surface area contributed by atoms with Gasteiger partial charge in [0.15, 0.2) is 11.6 Å². The van der Waals surface area contributed by atoms with Gasteiger partial charge in [-0.1, -0.05) is 26.0 Å². The van der Waals surface area contributed by atoms with E-state index in [4.69, 9.17) is 4.42 Å². The minimum absolute atomic E-state index is 0.0258. The maximum absolute atomic E-state index is 13.1. The first-order valence-electron chi connectivity index (χ1n) is 11.3. The van der Waals surface area contributed by atoms with Crippen molar-refractivity contribution in [2.45, 2.75) is 20.4 Å². The highest BCUT2D eigenvalue weighted by atomic mass is 79.9. The molecular formula is C24H28BrN7O2. The number of hydrogen-bond acceptors (Lipinski definition) is 8. The van der Waals surface area contributed by atoms with Crippen LogP contribution in [-0.2, 0) is 6.54 Å². The average Bonchev–Trinajstić information content (AvgIpc) is 3.24. The van der Waals surface area contributed by atoms with Crippen LogP contribution in [0.3, 0.4) is 0 Å². The van der Waals surface area contributed by atoms with E-state index in [9.17, 15) is 10.1 Å². The van der Waals surface area contributed by atoms with E-state index in [2.05, 4.69) is 54.2 Å². The summed E-state index contributed by atoms with van der Waals surface area (Å²) in [6.07, 6.45) is 1.50. The maximum Gasteiger partial charge on any atom is 0.305 e. The molecule has 1 aromatic carbocycles. The number of amides is 1. The van der Waals surface area contributed by atoms with Crippen LogP contribution in [0.2, 0.25) is 0 Å². The highest BCUT2D eigenvalue weighted by molar-refractivity contribution is 9.10. The van der Waals surface area contributed by atoms with Gasteiger partial charge in [0, 0.05) is 50.9 Å². The van der Waals surface area contributed by atoms with Crippen molar-refractivity contribution in [2.75, 3.05) is 44.8 Å². The Hall–Kier alpha value is -3.00. The Morgan fingerprint density at radius 3 is 2.76 bits per heavy atom. The van der Waals surface area contributed by atoms with Gasteiger partial charge in [0.25, 0.3) is 0 Å². The number of benzene rings is 1. The van der Waals surface area contributed by atoms with Crippen molar-refractivity contribution in [1.82, 2.24) is 25.2 Å². The first-order chi connectivity index (χ1) is 16.3. The van der Waals surface area contributed by atoms with Crippen molar-refractivity contribution in [3.05, 3.63) is 52.1 Å². The molecule has 178 valence electrons. The number of furan rings is 1. The van der Waals surface area contributed by atoms with Crippen LogP contribution in [0.15, 0.2) is 39.4 Å². The molecule has 0 saturated carbocycles. The lowest BCUT2D eigenvalue weighted by molar-refractivity contribution is 0.0921. The Morgan fingerprint density at radius 1 is 1.29 bits per heavy atom. The Kier molecular flexibility index (Phi) is 7.46. The summed E-state index contributed by atoms with van der Waals surface area (Å²) in [5, 5.41) is 11.7. The third-order valence-electron chi connectivity index (χ3n) is 5.68. The lowest BCUT2D eigenvalue weighted by atomic mass is 10.1. The van der Waals surface area contributed by atoms with E-state index in [1.807, 2.05) is 32.0 Å². The second-order valence-electron chi connectivity index (χ2n) is 8.98. The molecule has 2 aromatic heterocycles. The second kappa shape index (κ2) is 10.5. The molecule has 0 aliphatic carbocycles. The number of hydrazine groups is 1. The number of hydrogen-bond donors (Lipinski definition) is 1. The van der Waals surface area contributed by atoms with Crippen LogP contribution >= 0.6 is 15.9 Å². The number of anilines is 1. The van der Waals surface area contributed by atoms with Crippen LogP contribution in [0, 0.1) is 17.2 Å². The average molecular weight is 526 g/mol. The number of fused-ring (bicyclic) bond motifs is 1. The molecule has 0 unspecified atom stereocenters. The predicted molar refractivity (Wildman–Crippen MR) is 133 cm³/mol. The van der Waals surface area contributed by atoms with Crippen LogP contribution in [0.4, 0.5) is 5.82 Å². The monoisotopic (exact) mass is 525 g/mol. The van der Waals surface area contributed by atoms with Crippen LogP contribution in [-0.4, -0.2) is 65.4 Å². The van der Waals surface area contributed by atoms with Crippen molar-refractivity contribution < 1.29 is 9.21 Å². The van der Waals surface area contributed by atoms with Gasteiger partial charge in [-0.3, -0.25) is 20.1 Å². The summed E-state index contributed by atoms with van der Waals surface area (Å²) < 4.78 is 6.51. The molecule has 3 aromatic rings. The molecule has 0 atom stereocenters. The summed E-state index contributed by atoms with van der Waals surface area (Å²) in [7, 11) is 2.15. The summed E-state index contributed by atoms with van der Waals surface area (Å²) >= 11 is 3.42. The number of nitriles is 1. The zero-order valence-corrected chi connectivity index (χ0v) is 21.2. The molecular weight excluding hydrogens is 498 g/mol. The highest BCUT2D eigenvalue weighted by Crippen LogP contribution is 2.25. The molecule has 0 bridgehead atoms. The van der Waals surface area contributed by atoms with Gasteiger partial charge in [-0.15, -0.1) is 0 Å². The molecule has 0 spiro atoms. The van der Waals surface area contributed by atoms with E-state index in [1.165, 1.54) is 6.20 Å². The van der Waals surface area contributed by atoms with E-state index < -0.39 is 0 Å². The van der Waals surface area contributed by atoms with Crippen LogP contribution in [0.5, 0.6) is 0 Å². The van der Waals surface area contributed by atoms with Gasteiger partial charge >= 0.3 is 5.91 Å². The molecule has 1 N–H and O–H groups in total. The number of piperazine rings is 1. The molecule has 9 nitrogen and oxygen atoms in total. The van der Waals surface area contributed by atoms with Crippen LogP contribution < -0.4 is 10.4 Å². The predicted octanol–water partition coefficient (Wildman–Crippen LogP) is 3.41. The summed E-state index contributed by atoms with van der Waals surface area (Å²) in [6, 6.07) is 9.77. The maximum atomic E-state index is 13.1. The minimum Gasteiger partial charge on any atom is -0.451 e. The van der Waals surface area contributed by atoms with Gasteiger partial charge in [-0.05, 0) is 46.6 Å². The minimum atomic E-state index is -0.388. The van der Waals surface area contributed by atoms with Gasteiger partial charge in [-0.2, -0.15) is 10.2 Å². The number of nitrogens with zero attached hydrogens (tertiary/aromatic N) is 6. The van der Waals surface area contributed by atoms with E-state index in [0.717, 1.165) is 43.7 Å². The van der Waals surface area contributed by atoms with Gasteiger partial charge in [0.2, 0.25) is 5.82 Å². The number of carbonyl (C=O) groups excluding carboxylic acids is 1. The van der Waals surface area contributed by atoms with E-state index in [-0.39, 0.29) is 23.4 Å². The van der Waals surface area contributed by atoms with E-state index in [1.54, 1.807) is 11.1 Å². The molecule has 1 saturated heterocycles. The highest BCUT2D eigenvalue weighted by Gasteiger charge is 2.21. The molecule has 34 heavy (non-hydrogen) atoms. The van der Waals surface area contributed by atoms with Gasteiger partial charge < -0.3 is 9.32 Å². The van der Waals surface area contributed by atoms with Crippen LogP contribution in [0.25, 0.3) is 11.0 Å². The van der Waals surface area contributed by atoms with Crippen molar-refractivity contribution in [1.29, 1.82) is 5.26 Å². The third kappa shape index (κ3) is 5.73. The molecule has 1 aliphatic rings. The fourth-order valence-corrected chi connectivity index (χ4v) is 4.28. The van der Waals surface area contributed by atoms with Crippen molar-refractivity contribution in [2.24, 2.45) is 5.92 Å². The standard InChI is InChI=1S/C24H28BrN7O2/c1-16(2)14-32(23-19(25)13-27-22(12-26)28-23)29-24(33)21-11-18-5-4-17(10-20(18)34-21)15-31-8-6-30(3)7-9-31/h4-5,10-11,13,16H,6-9,14-15H2,1-3H3,(H,29,33). The normalized spacial score (nSPS) is 14.9. The van der Waals surface area contributed by atoms with Gasteiger partial charge in [-0.25, -0.2) is 4.98 Å². The zero-order chi connectivity index (χ0) is 24.2. The zero-order valence-electron chi connectivity index (χ0n) is 19.6. The Balaban J connectivity index is 1.52. The number of likely N-dealkylation sites (N-methyl/N-ethyl adjacent to an activating group) is 1. The smallest absolute Gasteiger partial charge is 0.305 e. The number of rotatable bonds is 7. The fourth-order valence-electron chi connectivity index (χ4n) is 3.88. The number of carbonyl (C=O) groups is 1. The topological polar surface area (TPSA) is 102 Å². The molecule has 1 amide bonds. The van der Waals surface area contributed by atoms with E-state index in [0.29, 0.717) is 22.4 Å². The third-order valence-corrected chi connectivity index (χ3v) is 6.24. The molecule has 10 heteroatoms. The molecule has 0 radical (unpaired) electrons. The van der Waals surface area contributed by atoms with E-state index >= 15 is 0 Å². The second-order valence-corrected chi connectivity index (χ2v) is 9.84. The SMILES string of the molecule is CC(C)CN(NC(=O)c1cc2ccc(CN3CCN(C)CC3)cc2o1)c1nc(C#N)ncc1Br. The number of halogens is 1. The summed E-state index contributed by atoms with van der Waals surface area (Å²) in [6.45, 7) is 9.62. The quantitative estimate of drug-likeness (QED) is 0.468. The summed E-state index contributed by atoms with van der Waals surface area (Å²) in [4.78, 5) is 26.1. The Bertz CT molecular complexity index is 1210. The van der Waals surface area contributed by atoms with Crippen molar-refractivity contribution in [3.63, 3.8) is 0 Å². The number of nitrogens with one attached hydrogen (secondary N) is 1. The summed E-state index contributed by atoms with van der Waals surface area (Å²) in [5.74, 6) is 0.491. The lowest BCUT2D eigenvalue weighted by Gasteiger charge is -2.32.